The van der Waals surface area contributed by atoms with Crippen LogP contribution in [0.4, 0.5) is 14.5 Å². The zero-order valence-corrected chi connectivity index (χ0v) is 13.1. The fourth-order valence-corrected chi connectivity index (χ4v) is 3.93. The van der Waals surface area contributed by atoms with Crippen LogP contribution >= 0.6 is 11.3 Å². The molecule has 112 valence electrons. The second-order valence-electron chi connectivity index (χ2n) is 5.46. The third-order valence-electron chi connectivity index (χ3n) is 4.09. The van der Waals surface area contributed by atoms with E-state index in [2.05, 4.69) is 11.8 Å². The summed E-state index contributed by atoms with van der Waals surface area (Å²) in [6.45, 7) is 5.91. The first-order chi connectivity index (χ1) is 10.1. The summed E-state index contributed by atoms with van der Waals surface area (Å²) in [6.07, 6.45) is -0.363. The number of hydrogen-bond acceptors (Lipinski definition) is 2. The molecule has 1 aromatic heterocycles. The van der Waals surface area contributed by atoms with E-state index in [9.17, 15) is 8.78 Å². The molecule has 1 aromatic carbocycles. The van der Waals surface area contributed by atoms with E-state index in [0.717, 1.165) is 41.4 Å². The monoisotopic (exact) mass is 307 g/mol. The van der Waals surface area contributed by atoms with E-state index < -0.39 is 6.43 Å². The highest BCUT2D eigenvalue weighted by Crippen LogP contribution is 2.40. The van der Waals surface area contributed by atoms with Gasteiger partial charge in [0.15, 0.2) is 0 Å². The van der Waals surface area contributed by atoms with E-state index in [4.69, 9.17) is 0 Å². The number of rotatable bonds is 3. The summed E-state index contributed by atoms with van der Waals surface area (Å²) < 4.78 is 27.0. The molecule has 4 heteroatoms. The van der Waals surface area contributed by atoms with Gasteiger partial charge >= 0.3 is 0 Å². The molecule has 0 N–H and O–H groups in total. The maximum atomic E-state index is 13.5. The van der Waals surface area contributed by atoms with Gasteiger partial charge < -0.3 is 4.90 Å². The molecule has 0 spiro atoms. The normalized spacial score (nSPS) is 14.6. The summed E-state index contributed by atoms with van der Waals surface area (Å²) in [5.74, 6) is 0. The van der Waals surface area contributed by atoms with Crippen LogP contribution in [0.3, 0.4) is 0 Å². The number of anilines is 1. The zero-order chi connectivity index (χ0) is 15.0. The Morgan fingerprint density at radius 2 is 2.10 bits per heavy atom. The lowest BCUT2D eigenvalue weighted by Gasteiger charge is -2.31. The zero-order valence-electron chi connectivity index (χ0n) is 12.3. The first-order valence-corrected chi connectivity index (χ1v) is 8.18. The highest BCUT2D eigenvalue weighted by atomic mass is 32.1. The van der Waals surface area contributed by atoms with Gasteiger partial charge in [-0.2, -0.15) is 0 Å². The highest BCUT2D eigenvalue weighted by molar-refractivity contribution is 7.15. The molecule has 0 unspecified atom stereocenters. The molecule has 21 heavy (non-hydrogen) atoms. The summed E-state index contributed by atoms with van der Waals surface area (Å²) in [5.41, 5.74) is 3.07. The Balaban J connectivity index is 2.16. The van der Waals surface area contributed by atoms with Crippen LogP contribution in [0.2, 0.25) is 0 Å². The molecule has 2 aromatic rings. The van der Waals surface area contributed by atoms with Crippen LogP contribution in [0.1, 0.15) is 35.8 Å². The van der Waals surface area contributed by atoms with Gasteiger partial charge in [0.2, 0.25) is 0 Å². The standard InChI is InChI=1S/C17H19F2NS/c1-3-20-8-4-5-12-9-13(16-7-6-11(2)21-16)14(17(18)19)10-15(12)20/h6-7,9-10,17H,3-5,8H2,1-2H3. The first kappa shape index (κ1) is 14.5. The molecule has 0 saturated heterocycles. The summed E-state index contributed by atoms with van der Waals surface area (Å²) in [7, 11) is 0. The first-order valence-electron chi connectivity index (χ1n) is 7.37. The number of fused-ring (bicyclic) bond motifs is 1. The van der Waals surface area contributed by atoms with Crippen molar-refractivity contribution in [2.75, 3.05) is 18.0 Å². The minimum atomic E-state index is -2.44. The number of halogens is 2. The molecule has 1 nitrogen and oxygen atoms in total. The van der Waals surface area contributed by atoms with E-state index in [-0.39, 0.29) is 5.56 Å². The third kappa shape index (κ3) is 2.69. The van der Waals surface area contributed by atoms with Gasteiger partial charge in [0.05, 0.1) is 0 Å². The van der Waals surface area contributed by atoms with E-state index in [1.54, 1.807) is 17.4 Å². The van der Waals surface area contributed by atoms with Crippen LogP contribution in [0.15, 0.2) is 24.3 Å². The van der Waals surface area contributed by atoms with Crippen LogP contribution in [0.5, 0.6) is 0 Å². The van der Waals surface area contributed by atoms with Crippen LogP contribution in [0.25, 0.3) is 10.4 Å². The summed E-state index contributed by atoms with van der Waals surface area (Å²) in [4.78, 5) is 4.30. The fourth-order valence-electron chi connectivity index (χ4n) is 3.03. The maximum absolute atomic E-state index is 13.5. The average Bonchev–Trinajstić information content (AvgIpc) is 2.91. The van der Waals surface area contributed by atoms with Crippen molar-refractivity contribution in [1.29, 1.82) is 0 Å². The van der Waals surface area contributed by atoms with Crippen molar-refractivity contribution in [3.8, 4) is 10.4 Å². The molecule has 0 bridgehead atoms. The molecule has 0 amide bonds. The van der Waals surface area contributed by atoms with Crippen LogP contribution in [-0.2, 0) is 6.42 Å². The molecular formula is C17H19F2NS. The van der Waals surface area contributed by atoms with Gasteiger partial charge in [-0.15, -0.1) is 11.3 Å². The third-order valence-corrected chi connectivity index (χ3v) is 5.12. The Hall–Kier alpha value is -1.42. The molecule has 0 aliphatic carbocycles. The lowest BCUT2D eigenvalue weighted by atomic mass is 9.95. The Morgan fingerprint density at radius 1 is 1.29 bits per heavy atom. The smallest absolute Gasteiger partial charge is 0.264 e. The topological polar surface area (TPSA) is 3.24 Å². The van der Waals surface area contributed by atoms with E-state index in [0.29, 0.717) is 5.56 Å². The average molecular weight is 307 g/mol. The molecule has 0 radical (unpaired) electrons. The van der Waals surface area contributed by atoms with Gasteiger partial charge in [-0.05, 0) is 56.5 Å². The Morgan fingerprint density at radius 3 is 2.71 bits per heavy atom. The van der Waals surface area contributed by atoms with Crippen LogP contribution in [-0.4, -0.2) is 13.1 Å². The summed E-state index contributed by atoms with van der Waals surface area (Å²) in [6, 6.07) is 7.65. The Labute approximate surface area is 128 Å². The van der Waals surface area contributed by atoms with Gasteiger partial charge in [0.1, 0.15) is 0 Å². The minimum Gasteiger partial charge on any atom is -0.372 e. The fraction of sp³-hybridized carbons (Fsp3) is 0.412. The van der Waals surface area contributed by atoms with Crippen molar-refractivity contribution < 1.29 is 8.78 Å². The predicted octanol–water partition coefficient (Wildman–Crippen LogP) is 5.43. The van der Waals surface area contributed by atoms with Crippen LogP contribution in [0, 0.1) is 6.92 Å². The summed E-state index contributed by atoms with van der Waals surface area (Å²) >= 11 is 1.58. The lowest BCUT2D eigenvalue weighted by molar-refractivity contribution is 0.152. The second-order valence-corrected chi connectivity index (χ2v) is 6.75. The van der Waals surface area contributed by atoms with Crippen molar-refractivity contribution in [3.63, 3.8) is 0 Å². The van der Waals surface area contributed by atoms with Gasteiger partial charge in [-0.1, -0.05) is 0 Å². The number of benzene rings is 1. The Bertz CT molecular complexity index is 648. The molecule has 1 aliphatic heterocycles. The molecular weight excluding hydrogens is 288 g/mol. The van der Waals surface area contributed by atoms with Gasteiger partial charge in [0, 0.05) is 39.7 Å². The molecule has 3 rings (SSSR count). The number of aryl methyl sites for hydroxylation is 2. The van der Waals surface area contributed by atoms with Crippen molar-refractivity contribution in [2.24, 2.45) is 0 Å². The van der Waals surface area contributed by atoms with Crippen molar-refractivity contribution in [3.05, 3.63) is 40.3 Å². The van der Waals surface area contributed by atoms with Gasteiger partial charge in [0.25, 0.3) is 6.43 Å². The maximum Gasteiger partial charge on any atom is 0.264 e. The van der Waals surface area contributed by atoms with Gasteiger partial charge in [-0.25, -0.2) is 8.78 Å². The second kappa shape index (κ2) is 5.76. The number of thiophene rings is 1. The van der Waals surface area contributed by atoms with Crippen molar-refractivity contribution >= 4 is 17.0 Å². The number of nitrogens with zero attached hydrogens (tertiary/aromatic N) is 1. The van der Waals surface area contributed by atoms with E-state index >= 15 is 0 Å². The molecule has 0 atom stereocenters. The van der Waals surface area contributed by atoms with Crippen LogP contribution < -0.4 is 4.90 Å². The van der Waals surface area contributed by atoms with Crippen molar-refractivity contribution in [2.45, 2.75) is 33.1 Å². The highest BCUT2D eigenvalue weighted by Gasteiger charge is 2.23. The largest absolute Gasteiger partial charge is 0.372 e. The molecule has 0 saturated carbocycles. The SMILES string of the molecule is CCN1CCCc2cc(-c3ccc(C)s3)c(C(F)F)cc21. The van der Waals surface area contributed by atoms with E-state index in [1.165, 1.54) is 5.56 Å². The Kier molecular flexibility index (Phi) is 3.98. The van der Waals surface area contributed by atoms with E-state index in [1.807, 2.05) is 25.1 Å². The number of alkyl halides is 2. The quantitative estimate of drug-likeness (QED) is 0.730. The molecule has 1 aliphatic rings. The molecule has 2 heterocycles. The molecule has 0 fully saturated rings. The number of hydrogen-bond donors (Lipinski definition) is 0. The predicted molar refractivity (Wildman–Crippen MR) is 85.7 cm³/mol. The summed E-state index contributed by atoms with van der Waals surface area (Å²) in [5, 5.41) is 0. The van der Waals surface area contributed by atoms with Crippen molar-refractivity contribution in [1.82, 2.24) is 0 Å². The van der Waals surface area contributed by atoms with Gasteiger partial charge in [-0.3, -0.25) is 0 Å². The minimum absolute atomic E-state index is 0.163. The lowest BCUT2D eigenvalue weighted by Crippen LogP contribution is -2.29.